The average Bonchev–Trinajstić information content (AvgIpc) is 3.10. The Morgan fingerprint density at radius 3 is 0.589 bits per heavy atom. The molecule has 0 spiro atoms. The summed E-state index contributed by atoms with van der Waals surface area (Å²) in [6.07, 6.45) is 14.0. The van der Waals surface area contributed by atoms with Gasteiger partial charge in [0.1, 0.15) is 0 Å². The molecule has 0 fully saturated rings. The molecule has 0 atom stereocenters. The van der Waals surface area contributed by atoms with Crippen LogP contribution in [-0.4, -0.2) is 118 Å². The standard InChI is InChI=1S/2C14H14N4.4NO3.2H2O.2Pb/c2*1-11(13-3-7-15-8-4-13)17-18-12(2)14-5-9-16-10-6-14;4*2-1(3)4;;;;/h2*3-10H,1-2H3;;;;;2*1H2;;/q;;4*-1;;;2*+2/p+2/b2*17-11+,18-12+;;;;;;;;. The first-order valence-electron chi connectivity index (χ1n) is 13.5. The van der Waals surface area contributed by atoms with Crippen LogP contribution in [0.2, 0.25) is 0 Å². The Hall–Kier alpha value is -6.16. The normalized spacial score (nSPS) is 9.79. The van der Waals surface area contributed by atoms with Crippen LogP contribution in [0.3, 0.4) is 0 Å². The van der Waals surface area contributed by atoms with E-state index in [-0.39, 0.29) is 65.5 Å². The minimum atomic E-state index is -1.75. The van der Waals surface area contributed by atoms with Crippen molar-refractivity contribution >= 4 is 77.4 Å². The third-order valence-electron chi connectivity index (χ3n) is 5.09. The second-order valence-electron chi connectivity index (χ2n) is 8.58. The van der Waals surface area contributed by atoms with Gasteiger partial charge in [0.05, 0.1) is 43.2 Å². The molecule has 4 aromatic rings. The van der Waals surface area contributed by atoms with Crippen LogP contribution in [0.1, 0.15) is 49.9 Å². The van der Waals surface area contributed by atoms with Gasteiger partial charge in [-0.3, -0.25) is 19.9 Å². The van der Waals surface area contributed by atoms with Gasteiger partial charge in [0, 0.05) is 71.8 Å². The van der Waals surface area contributed by atoms with Crippen LogP contribution in [0.5, 0.6) is 0 Å². The fourth-order valence-electron chi connectivity index (χ4n) is 2.90. The van der Waals surface area contributed by atoms with Crippen molar-refractivity contribution in [2.75, 3.05) is 0 Å². The zero-order valence-electron chi connectivity index (χ0n) is 29.7. The Balaban J connectivity index is -0.000000154. The van der Waals surface area contributed by atoms with Crippen LogP contribution in [0.15, 0.2) is 119 Å². The van der Waals surface area contributed by atoms with Gasteiger partial charge in [0.25, 0.3) is 0 Å². The summed E-state index contributed by atoms with van der Waals surface area (Å²) in [6.45, 7) is 7.72. The molecule has 4 radical (unpaired) electrons. The van der Waals surface area contributed by atoms with Gasteiger partial charge in [0.15, 0.2) is 0 Å². The summed E-state index contributed by atoms with van der Waals surface area (Å²) in [6, 6.07) is 15.3. The Bertz CT molecular complexity index is 1500. The molecule has 56 heavy (non-hydrogen) atoms. The fraction of sp³-hybridized carbons (Fsp3) is 0.143. The van der Waals surface area contributed by atoms with Crippen molar-refractivity contribution in [1.29, 1.82) is 0 Å². The van der Waals surface area contributed by atoms with Gasteiger partial charge in [-0.1, -0.05) is 0 Å². The fourth-order valence-corrected chi connectivity index (χ4v) is 2.90. The SMILES string of the molecule is C/C(=N\N=C(/C)c1ccncc1)c1ccncc1.C/C(=N\N=C(/C)c1ccncc1)c1ccncc1.O=[N+]([O-])[O-].O=[N+]([O-])[O-].O=[N+]([O-])[O-].O=[N+]([O-])[O-].[OH3+].[OH3+].[Pb+2].[Pb+2]. The Kier molecular flexibility index (Phi) is 42.6. The van der Waals surface area contributed by atoms with E-state index in [4.69, 9.17) is 61.3 Å². The molecule has 4 rings (SSSR count). The summed E-state index contributed by atoms with van der Waals surface area (Å²) in [4.78, 5) is 48.9. The zero-order chi connectivity index (χ0) is 39.9. The maximum absolute atomic E-state index is 8.25. The van der Waals surface area contributed by atoms with Crippen molar-refractivity contribution < 1.29 is 31.3 Å². The van der Waals surface area contributed by atoms with Crippen molar-refractivity contribution in [3.8, 4) is 0 Å². The van der Waals surface area contributed by atoms with E-state index in [9.17, 15) is 0 Å². The van der Waals surface area contributed by atoms with Gasteiger partial charge in [-0.25, -0.2) is 0 Å². The van der Waals surface area contributed by atoms with Gasteiger partial charge in [0.2, 0.25) is 0 Å². The summed E-state index contributed by atoms with van der Waals surface area (Å²) in [5.74, 6) is 0. The molecule has 0 bridgehead atoms. The van der Waals surface area contributed by atoms with E-state index < -0.39 is 20.3 Å². The summed E-state index contributed by atoms with van der Waals surface area (Å²) in [5.41, 5.74) is 7.56. The molecule has 4 heterocycles. The number of nitrogens with zero attached hydrogens (tertiary/aromatic N) is 12. The van der Waals surface area contributed by atoms with E-state index >= 15 is 0 Å². The molecule has 0 aliphatic carbocycles. The summed E-state index contributed by atoms with van der Waals surface area (Å²) in [7, 11) is 0. The smallest absolute Gasteiger partial charge is 0.457 e. The van der Waals surface area contributed by atoms with Crippen LogP contribution in [0.4, 0.5) is 0 Å². The molecule has 0 aromatic carbocycles. The van der Waals surface area contributed by atoms with Crippen LogP contribution in [0.25, 0.3) is 0 Å². The number of aromatic nitrogens is 4. The molecule has 0 saturated heterocycles. The topological polar surface area (TPSA) is 432 Å². The number of hydrogen-bond acceptors (Lipinski definition) is 20. The quantitative estimate of drug-likeness (QED) is 0.0874. The maximum Gasteiger partial charge on any atom is 2.00 e. The van der Waals surface area contributed by atoms with E-state index in [2.05, 4.69) is 40.3 Å². The molecule has 28 heteroatoms. The molecular weight excluding hydrogens is 1140 g/mol. The van der Waals surface area contributed by atoms with Gasteiger partial charge in [-0.15, -0.1) is 0 Å². The van der Waals surface area contributed by atoms with Gasteiger partial charge < -0.3 is 72.2 Å². The van der Waals surface area contributed by atoms with Gasteiger partial charge >= 0.3 is 54.6 Å². The minimum Gasteiger partial charge on any atom is -0.457 e. The second kappa shape index (κ2) is 38.6. The molecule has 0 aliphatic heterocycles. The molecule has 0 amide bonds. The van der Waals surface area contributed by atoms with E-state index in [0.29, 0.717) is 0 Å². The van der Waals surface area contributed by atoms with Gasteiger partial charge in [-0.2, -0.15) is 20.4 Å². The molecule has 4 aromatic heterocycles. The monoisotopic (exact) mass is 1180 g/mol. The Morgan fingerprint density at radius 2 is 0.482 bits per heavy atom. The Morgan fingerprint density at radius 1 is 0.375 bits per heavy atom. The zero-order valence-corrected chi connectivity index (χ0v) is 37.4. The summed E-state index contributed by atoms with van der Waals surface area (Å²) < 4.78 is 0. The third-order valence-corrected chi connectivity index (χ3v) is 5.09. The van der Waals surface area contributed by atoms with Crippen LogP contribution in [-0.2, 0) is 11.0 Å². The summed E-state index contributed by atoms with van der Waals surface area (Å²) in [5, 5.41) is 75.9. The van der Waals surface area contributed by atoms with Crippen LogP contribution in [0, 0.1) is 61.3 Å². The second-order valence-corrected chi connectivity index (χ2v) is 8.58. The van der Waals surface area contributed by atoms with Crippen LogP contribution < -0.4 is 0 Å². The predicted molar refractivity (Wildman–Crippen MR) is 208 cm³/mol. The van der Waals surface area contributed by atoms with Crippen LogP contribution >= 0.6 is 0 Å². The average molecular weight is 1180 g/mol. The van der Waals surface area contributed by atoms with E-state index in [0.717, 1.165) is 45.1 Å². The minimum absolute atomic E-state index is 0. The molecule has 0 saturated carbocycles. The van der Waals surface area contributed by atoms with Crippen molar-refractivity contribution in [1.82, 2.24) is 19.9 Å². The van der Waals surface area contributed by atoms with Crippen molar-refractivity contribution in [2.45, 2.75) is 27.7 Å². The van der Waals surface area contributed by atoms with Gasteiger partial charge in [-0.05, 0) is 76.2 Å². The predicted octanol–water partition coefficient (Wildman–Crippen LogP) is 1.86. The van der Waals surface area contributed by atoms with Crippen molar-refractivity contribution in [3.63, 3.8) is 0 Å². The Labute approximate surface area is 356 Å². The first-order chi connectivity index (χ1) is 24.5. The molecular formula is C28H34N12O14Pb2+2. The number of pyridine rings is 4. The largest absolute Gasteiger partial charge is 2.00 e. The molecule has 6 N–H and O–H groups in total. The van der Waals surface area contributed by atoms with E-state index in [1.54, 1.807) is 49.6 Å². The third kappa shape index (κ3) is 39.1. The molecule has 0 unspecified atom stereocenters. The van der Waals surface area contributed by atoms with E-state index in [1.165, 1.54) is 0 Å². The number of hydrogen-bond donors (Lipinski definition) is 0. The first kappa shape index (κ1) is 61.9. The maximum atomic E-state index is 8.25. The van der Waals surface area contributed by atoms with Crippen molar-refractivity contribution in [2.24, 2.45) is 20.4 Å². The number of rotatable bonds is 6. The van der Waals surface area contributed by atoms with Crippen molar-refractivity contribution in [3.05, 3.63) is 182 Å². The first-order valence-corrected chi connectivity index (χ1v) is 13.5. The molecule has 26 nitrogen and oxygen atoms in total. The molecule has 296 valence electrons. The van der Waals surface area contributed by atoms with E-state index in [1.807, 2.05) is 76.2 Å². The summed E-state index contributed by atoms with van der Waals surface area (Å²) >= 11 is 0. The molecule has 0 aliphatic rings.